The molecule has 1 heterocycles. The Morgan fingerprint density at radius 1 is 1.32 bits per heavy atom. The van der Waals surface area contributed by atoms with Gasteiger partial charge < -0.3 is 10.0 Å². The predicted molar refractivity (Wildman–Crippen MR) is 76.2 cm³/mol. The number of phenolic OH excluding ortho intramolecular Hbond substituents is 1. The Kier molecular flexibility index (Phi) is 3.47. The zero-order valence-electron chi connectivity index (χ0n) is 11.4. The van der Waals surface area contributed by atoms with Gasteiger partial charge in [-0.1, -0.05) is 20.4 Å². The van der Waals surface area contributed by atoms with Gasteiger partial charge in [0.05, 0.1) is 0 Å². The van der Waals surface area contributed by atoms with Crippen molar-refractivity contribution >= 4 is 5.57 Å². The molecule has 0 amide bonds. The molecule has 1 aromatic carbocycles. The Bertz CT molecular complexity index is 561. The third-order valence-corrected chi connectivity index (χ3v) is 3.27. The first kappa shape index (κ1) is 13.4. The molecule has 0 unspecified atom stereocenters. The Morgan fingerprint density at radius 2 is 2.00 bits per heavy atom. The lowest BCUT2D eigenvalue weighted by atomic mass is 9.95. The van der Waals surface area contributed by atoms with E-state index in [2.05, 4.69) is 6.58 Å². The molecule has 100 valence electrons. The molecule has 0 fully saturated rings. The number of aromatic hydroxyl groups is 1. The van der Waals surface area contributed by atoms with E-state index in [0.29, 0.717) is 11.1 Å². The average Bonchev–Trinajstić information content (AvgIpc) is 2.31. The first-order chi connectivity index (χ1) is 8.90. The minimum Gasteiger partial charge on any atom is -0.508 e. The van der Waals surface area contributed by atoms with Gasteiger partial charge >= 0.3 is 0 Å². The quantitative estimate of drug-likeness (QED) is 0.867. The van der Waals surface area contributed by atoms with Crippen LogP contribution in [0.1, 0.15) is 30.9 Å². The van der Waals surface area contributed by atoms with Crippen molar-refractivity contribution in [1.29, 1.82) is 0 Å². The number of phenols is 1. The van der Waals surface area contributed by atoms with Gasteiger partial charge in [0.25, 0.3) is 0 Å². The number of benzene rings is 1. The van der Waals surface area contributed by atoms with E-state index in [9.17, 15) is 9.50 Å². The summed E-state index contributed by atoms with van der Waals surface area (Å²) in [5, 5.41) is 9.97. The summed E-state index contributed by atoms with van der Waals surface area (Å²) in [6.45, 7) is 7.61. The lowest BCUT2D eigenvalue weighted by molar-refractivity contribution is 0.453. The summed E-state index contributed by atoms with van der Waals surface area (Å²) in [7, 11) is 1.89. The normalized spacial score (nSPS) is 15.1. The maximum Gasteiger partial charge on any atom is 0.130 e. The molecule has 0 spiro atoms. The van der Waals surface area contributed by atoms with Crippen LogP contribution in [0.4, 0.5) is 4.39 Å². The maximum absolute atomic E-state index is 14.0. The molecule has 0 aromatic heterocycles. The fraction of sp³-hybridized carbons (Fsp3) is 0.250. The predicted octanol–water partition coefficient (Wildman–Crippen LogP) is 4.01. The van der Waals surface area contributed by atoms with E-state index in [0.717, 1.165) is 11.3 Å². The number of halogens is 1. The van der Waals surface area contributed by atoms with Gasteiger partial charge in [-0.25, -0.2) is 4.39 Å². The topological polar surface area (TPSA) is 23.5 Å². The lowest BCUT2D eigenvalue weighted by Gasteiger charge is -2.20. The van der Waals surface area contributed by atoms with Gasteiger partial charge in [0.1, 0.15) is 11.6 Å². The highest BCUT2D eigenvalue weighted by atomic mass is 19.1. The van der Waals surface area contributed by atoms with Gasteiger partial charge in [-0.2, -0.15) is 0 Å². The van der Waals surface area contributed by atoms with E-state index in [4.69, 9.17) is 0 Å². The van der Waals surface area contributed by atoms with Crippen LogP contribution in [0.5, 0.6) is 5.75 Å². The van der Waals surface area contributed by atoms with Crippen molar-refractivity contribution in [2.24, 2.45) is 0 Å². The van der Waals surface area contributed by atoms with Crippen molar-refractivity contribution in [3.05, 3.63) is 59.7 Å². The van der Waals surface area contributed by atoms with Crippen LogP contribution in [-0.2, 0) is 0 Å². The Labute approximate surface area is 113 Å². The second-order valence-electron chi connectivity index (χ2n) is 5.06. The van der Waals surface area contributed by atoms with Gasteiger partial charge in [-0.3, -0.25) is 0 Å². The van der Waals surface area contributed by atoms with Gasteiger partial charge in [0, 0.05) is 24.5 Å². The zero-order valence-corrected chi connectivity index (χ0v) is 11.4. The molecule has 1 aromatic rings. The lowest BCUT2D eigenvalue weighted by Crippen LogP contribution is -2.10. The number of hydrogen-bond acceptors (Lipinski definition) is 2. The fourth-order valence-corrected chi connectivity index (χ4v) is 2.14. The number of likely N-dealkylation sites (N-methyl/N-ethyl adjacent to an activating group) is 1. The second kappa shape index (κ2) is 4.92. The minimum absolute atomic E-state index is 0.00356. The summed E-state index contributed by atoms with van der Waals surface area (Å²) in [6.07, 6.45) is 5.60. The van der Waals surface area contributed by atoms with E-state index in [1.165, 1.54) is 6.07 Å². The highest BCUT2D eigenvalue weighted by Gasteiger charge is 2.16. The van der Waals surface area contributed by atoms with Crippen molar-refractivity contribution in [3.63, 3.8) is 0 Å². The molecule has 0 atom stereocenters. The highest BCUT2D eigenvalue weighted by molar-refractivity contribution is 5.78. The average molecular weight is 259 g/mol. The third kappa shape index (κ3) is 2.55. The SMILES string of the molecule is C=C1C=C(c2cc(O)c(C(C)C)c(F)c2)C=CN1C. The van der Waals surface area contributed by atoms with E-state index in [-0.39, 0.29) is 17.5 Å². The van der Waals surface area contributed by atoms with Crippen molar-refractivity contribution in [2.75, 3.05) is 7.05 Å². The Balaban J connectivity index is 2.46. The molecule has 0 bridgehead atoms. The van der Waals surface area contributed by atoms with Gasteiger partial charge in [-0.05, 0) is 41.3 Å². The Morgan fingerprint density at radius 3 is 2.53 bits per heavy atom. The molecule has 19 heavy (non-hydrogen) atoms. The standard InChI is InChI=1S/C16H18FNO/c1-10(2)16-14(17)8-13(9-15(16)19)12-5-6-18(4)11(3)7-12/h5-10,19H,3H2,1-2,4H3. The summed E-state index contributed by atoms with van der Waals surface area (Å²) in [6, 6.07) is 3.07. The molecule has 0 aliphatic carbocycles. The number of hydrogen-bond donors (Lipinski definition) is 1. The zero-order chi connectivity index (χ0) is 14.2. The molecule has 0 saturated carbocycles. The van der Waals surface area contributed by atoms with Crippen molar-refractivity contribution in [2.45, 2.75) is 19.8 Å². The van der Waals surface area contributed by atoms with E-state index in [1.54, 1.807) is 6.07 Å². The van der Waals surface area contributed by atoms with E-state index in [1.807, 2.05) is 44.1 Å². The third-order valence-electron chi connectivity index (χ3n) is 3.27. The van der Waals surface area contributed by atoms with Gasteiger partial charge in [0.15, 0.2) is 0 Å². The highest BCUT2D eigenvalue weighted by Crippen LogP contribution is 2.33. The van der Waals surface area contributed by atoms with Crippen LogP contribution < -0.4 is 0 Å². The largest absolute Gasteiger partial charge is 0.508 e. The Hall–Kier alpha value is -2.03. The number of allylic oxidation sites excluding steroid dienone is 3. The first-order valence-corrected chi connectivity index (χ1v) is 6.24. The molecule has 0 saturated heterocycles. The number of nitrogens with zero attached hydrogens (tertiary/aromatic N) is 1. The maximum atomic E-state index is 14.0. The van der Waals surface area contributed by atoms with Crippen molar-refractivity contribution in [1.82, 2.24) is 4.90 Å². The van der Waals surface area contributed by atoms with Crippen LogP contribution in [0.2, 0.25) is 0 Å². The van der Waals surface area contributed by atoms with Crippen LogP contribution >= 0.6 is 0 Å². The first-order valence-electron chi connectivity index (χ1n) is 6.24. The molecule has 2 rings (SSSR count). The molecule has 3 heteroatoms. The summed E-state index contributed by atoms with van der Waals surface area (Å²) in [4.78, 5) is 1.88. The van der Waals surface area contributed by atoms with Crippen molar-refractivity contribution in [3.8, 4) is 5.75 Å². The van der Waals surface area contributed by atoms with E-state index < -0.39 is 0 Å². The van der Waals surface area contributed by atoms with Crippen LogP contribution in [0.15, 0.2) is 42.8 Å². The minimum atomic E-state index is -0.371. The molecular weight excluding hydrogens is 241 g/mol. The summed E-state index contributed by atoms with van der Waals surface area (Å²) in [5.41, 5.74) is 2.68. The second-order valence-corrected chi connectivity index (χ2v) is 5.06. The van der Waals surface area contributed by atoms with Gasteiger partial charge in [0.2, 0.25) is 0 Å². The van der Waals surface area contributed by atoms with Crippen LogP contribution in [-0.4, -0.2) is 17.1 Å². The van der Waals surface area contributed by atoms with Crippen LogP contribution in [0.3, 0.4) is 0 Å². The van der Waals surface area contributed by atoms with Gasteiger partial charge in [-0.15, -0.1) is 0 Å². The monoisotopic (exact) mass is 259 g/mol. The smallest absolute Gasteiger partial charge is 0.130 e. The summed E-state index contributed by atoms with van der Waals surface area (Å²) in [5.74, 6) is -0.418. The van der Waals surface area contributed by atoms with Crippen molar-refractivity contribution < 1.29 is 9.50 Å². The molecule has 0 radical (unpaired) electrons. The summed E-state index contributed by atoms with van der Waals surface area (Å²) < 4.78 is 14.0. The van der Waals surface area contributed by atoms with Crippen LogP contribution in [0.25, 0.3) is 5.57 Å². The molecular formula is C16H18FNO. The number of rotatable bonds is 2. The molecule has 1 aliphatic heterocycles. The van der Waals surface area contributed by atoms with Crippen LogP contribution in [0, 0.1) is 5.82 Å². The van der Waals surface area contributed by atoms with E-state index >= 15 is 0 Å². The fourth-order valence-electron chi connectivity index (χ4n) is 2.14. The molecule has 2 nitrogen and oxygen atoms in total. The summed E-state index contributed by atoms with van der Waals surface area (Å²) >= 11 is 0. The molecule has 1 aliphatic rings. The molecule has 1 N–H and O–H groups in total.